The van der Waals surface area contributed by atoms with Crippen LogP contribution in [0.3, 0.4) is 0 Å². The Balaban J connectivity index is 1.96. The highest BCUT2D eigenvalue weighted by molar-refractivity contribution is 4.74. The Morgan fingerprint density at radius 3 is 2.36 bits per heavy atom. The van der Waals surface area contributed by atoms with E-state index >= 15 is 0 Å². The van der Waals surface area contributed by atoms with Gasteiger partial charge in [-0.05, 0) is 39.5 Å². The van der Waals surface area contributed by atoms with Gasteiger partial charge in [0, 0.05) is 6.04 Å². The predicted molar refractivity (Wildman–Crippen MR) is 57.3 cm³/mol. The van der Waals surface area contributed by atoms with E-state index in [0.717, 1.165) is 32.3 Å². The van der Waals surface area contributed by atoms with Crippen LogP contribution in [0.15, 0.2) is 0 Å². The maximum absolute atomic E-state index is 5.81. The molecule has 0 unspecified atom stereocenters. The lowest BCUT2D eigenvalue weighted by atomic mass is 9.94. The molecule has 3 heteroatoms. The van der Waals surface area contributed by atoms with Crippen LogP contribution in [-0.4, -0.2) is 31.5 Å². The minimum absolute atomic E-state index is 0.304. The summed E-state index contributed by atoms with van der Waals surface area (Å²) in [4.78, 5) is 0. The molecule has 1 fully saturated rings. The SMILES string of the molecule is CC(C)OCCOC1CCC(N)CC1. The first-order valence-corrected chi connectivity index (χ1v) is 5.67. The molecule has 1 rings (SSSR count). The van der Waals surface area contributed by atoms with Crippen molar-refractivity contribution in [3.63, 3.8) is 0 Å². The van der Waals surface area contributed by atoms with Crippen molar-refractivity contribution in [3.8, 4) is 0 Å². The summed E-state index contributed by atoms with van der Waals surface area (Å²) in [6.07, 6.45) is 5.17. The lowest BCUT2D eigenvalue weighted by Gasteiger charge is -2.26. The summed E-state index contributed by atoms with van der Waals surface area (Å²) in [7, 11) is 0. The summed E-state index contributed by atoms with van der Waals surface area (Å²) < 4.78 is 11.1. The van der Waals surface area contributed by atoms with Crippen molar-refractivity contribution >= 4 is 0 Å². The zero-order valence-electron chi connectivity index (χ0n) is 9.37. The minimum atomic E-state index is 0.304. The van der Waals surface area contributed by atoms with Gasteiger partial charge in [-0.25, -0.2) is 0 Å². The molecule has 0 saturated heterocycles. The van der Waals surface area contributed by atoms with E-state index in [-0.39, 0.29) is 0 Å². The lowest BCUT2D eigenvalue weighted by molar-refractivity contribution is -0.0254. The van der Waals surface area contributed by atoms with Crippen LogP contribution in [-0.2, 0) is 9.47 Å². The highest BCUT2D eigenvalue weighted by Crippen LogP contribution is 2.19. The standard InChI is InChI=1S/C11H23NO2/c1-9(2)13-7-8-14-11-5-3-10(12)4-6-11/h9-11H,3-8,12H2,1-2H3. The first-order chi connectivity index (χ1) is 6.68. The van der Waals surface area contributed by atoms with Crippen LogP contribution in [0, 0.1) is 0 Å². The van der Waals surface area contributed by atoms with E-state index in [9.17, 15) is 0 Å². The van der Waals surface area contributed by atoms with Crippen molar-refractivity contribution in [2.75, 3.05) is 13.2 Å². The predicted octanol–water partition coefficient (Wildman–Crippen LogP) is 1.70. The quantitative estimate of drug-likeness (QED) is 0.688. The van der Waals surface area contributed by atoms with E-state index in [4.69, 9.17) is 15.2 Å². The van der Waals surface area contributed by atoms with Gasteiger partial charge >= 0.3 is 0 Å². The van der Waals surface area contributed by atoms with Crippen LogP contribution in [0.2, 0.25) is 0 Å². The molecule has 0 aromatic carbocycles. The van der Waals surface area contributed by atoms with Crippen molar-refractivity contribution in [1.82, 2.24) is 0 Å². The van der Waals surface area contributed by atoms with Crippen LogP contribution >= 0.6 is 0 Å². The fraction of sp³-hybridized carbons (Fsp3) is 1.00. The summed E-state index contributed by atoms with van der Waals surface area (Å²) >= 11 is 0. The summed E-state index contributed by atoms with van der Waals surface area (Å²) in [6, 6.07) is 0.404. The molecule has 0 bridgehead atoms. The molecule has 3 nitrogen and oxygen atoms in total. The largest absolute Gasteiger partial charge is 0.376 e. The molecule has 1 saturated carbocycles. The van der Waals surface area contributed by atoms with Gasteiger partial charge in [0.15, 0.2) is 0 Å². The van der Waals surface area contributed by atoms with Gasteiger partial charge in [0.05, 0.1) is 25.4 Å². The Hall–Kier alpha value is -0.120. The zero-order chi connectivity index (χ0) is 10.4. The first kappa shape index (κ1) is 12.0. The van der Waals surface area contributed by atoms with Crippen molar-refractivity contribution in [1.29, 1.82) is 0 Å². The smallest absolute Gasteiger partial charge is 0.0704 e. The third-order valence-electron chi connectivity index (χ3n) is 2.61. The van der Waals surface area contributed by atoms with E-state index in [1.54, 1.807) is 0 Å². The Kier molecular flexibility index (Phi) is 5.45. The summed E-state index contributed by atoms with van der Waals surface area (Å²) in [5.74, 6) is 0. The van der Waals surface area contributed by atoms with Crippen LogP contribution in [0.1, 0.15) is 39.5 Å². The van der Waals surface area contributed by atoms with E-state index in [0.29, 0.717) is 24.9 Å². The Labute approximate surface area is 86.9 Å². The summed E-state index contributed by atoms with van der Waals surface area (Å²) in [5, 5.41) is 0. The molecule has 84 valence electrons. The van der Waals surface area contributed by atoms with Gasteiger partial charge in [0.25, 0.3) is 0 Å². The van der Waals surface area contributed by atoms with Crippen LogP contribution in [0.25, 0.3) is 0 Å². The van der Waals surface area contributed by atoms with Gasteiger partial charge in [-0.1, -0.05) is 0 Å². The minimum Gasteiger partial charge on any atom is -0.376 e. The molecule has 2 N–H and O–H groups in total. The van der Waals surface area contributed by atoms with Crippen molar-refractivity contribution < 1.29 is 9.47 Å². The molecule has 1 aliphatic carbocycles. The molecule has 14 heavy (non-hydrogen) atoms. The fourth-order valence-corrected chi connectivity index (χ4v) is 1.75. The number of hydrogen-bond acceptors (Lipinski definition) is 3. The fourth-order valence-electron chi connectivity index (χ4n) is 1.75. The van der Waals surface area contributed by atoms with Crippen LogP contribution in [0.4, 0.5) is 0 Å². The van der Waals surface area contributed by atoms with Gasteiger partial charge in [0.2, 0.25) is 0 Å². The second-order valence-electron chi connectivity index (χ2n) is 4.33. The van der Waals surface area contributed by atoms with E-state index in [2.05, 4.69) is 0 Å². The number of rotatable bonds is 5. The molecule has 0 spiro atoms. The monoisotopic (exact) mass is 201 g/mol. The van der Waals surface area contributed by atoms with E-state index < -0.39 is 0 Å². The number of ether oxygens (including phenoxy) is 2. The van der Waals surface area contributed by atoms with Crippen LogP contribution in [0.5, 0.6) is 0 Å². The molecular formula is C11H23NO2. The maximum atomic E-state index is 5.81. The molecule has 0 amide bonds. The van der Waals surface area contributed by atoms with Crippen molar-refractivity contribution in [2.24, 2.45) is 5.73 Å². The van der Waals surface area contributed by atoms with Crippen molar-refractivity contribution in [2.45, 2.75) is 57.8 Å². The lowest BCUT2D eigenvalue weighted by Crippen LogP contribution is -2.30. The molecule has 0 atom stereocenters. The summed E-state index contributed by atoms with van der Waals surface area (Å²) in [6.45, 7) is 5.51. The van der Waals surface area contributed by atoms with Crippen molar-refractivity contribution in [3.05, 3.63) is 0 Å². The topological polar surface area (TPSA) is 44.5 Å². The van der Waals surface area contributed by atoms with Gasteiger partial charge in [-0.3, -0.25) is 0 Å². The average molecular weight is 201 g/mol. The van der Waals surface area contributed by atoms with Gasteiger partial charge in [-0.2, -0.15) is 0 Å². The van der Waals surface area contributed by atoms with Crippen LogP contribution < -0.4 is 5.73 Å². The van der Waals surface area contributed by atoms with Gasteiger partial charge in [-0.15, -0.1) is 0 Å². The van der Waals surface area contributed by atoms with Gasteiger partial charge < -0.3 is 15.2 Å². The van der Waals surface area contributed by atoms with Gasteiger partial charge in [0.1, 0.15) is 0 Å². The normalized spacial score (nSPS) is 28.3. The first-order valence-electron chi connectivity index (χ1n) is 5.67. The molecule has 0 radical (unpaired) electrons. The highest BCUT2D eigenvalue weighted by Gasteiger charge is 2.18. The second-order valence-corrected chi connectivity index (χ2v) is 4.33. The highest BCUT2D eigenvalue weighted by atomic mass is 16.5. The molecule has 0 heterocycles. The average Bonchev–Trinajstić information content (AvgIpc) is 2.15. The Bertz CT molecular complexity index is 142. The molecule has 1 aliphatic rings. The number of nitrogens with two attached hydrogens (primary N) is 1. The second kappa shape index (κ2) is 6.38. The molecular weight excluding hydrogens is 178 g/mol. The van der Waals surface area contributed by atoms with E-state index in [1.807, 2.05) is 13.8 Å². The number of hydrogen-bond donors (Lipinski definition) is 1. The Morgan fingerprint density at radius 1 is 1.14 bits per heavy atom. The van der Waals surface area contributed by atoms with E-state index in [1.165, 1.54) is 0 Å². The maximum Gasteiger partial charge on any atom is 0.0704 e. The Morgan fingerprint density at radius 2 is 1.79 bits per heavy atom. The zero-order valence-corrected chi connectivity index (χ0v) is 9.37. The third-order valence-corrected chi connectivity index (χ3v) is 2.61. The summed E-state index contributed by atoms with van der Waals surface area (Å²) in [5.41, 5.74) is 5.81. The molecule has 0 aromatic heterocycles. The third kappa shape index (κ3) is 4.94. The molecule has 0 aliphatic heterocycles. The molecule has 0 aromatic rings.